The van der Waals surface area contributed by atoms with Crippen molar-refractivity contribution < 1.29 is 19.1 Å². The van der Waals surface area contributed by atoms with Gasteiger partial charge in [-0.1, -0.05) is 0 Å². The van der Waals surface area contributed by atoms with Gasteiger partial charge in [0, 0.05) is 32.8 Å². The number of hydrogen-bond acceptors (Lipinski definition) is 5. The van der Waals surface area contributed by atoms with E-state index in [1.54, 1.807) is 46.7 Å². The second-order valence-corrected chi connectivity index (χ2v) is 6.14. The molecule has 0 aliphatic carbocycles. The second kappa shape index (κ2) is 5.64. The van der Waals surface area contributed by atoms with Gasteiger partial charge in [0.15, 0.2) is 5.78 Å². The van der Waals surface area contributed by atoms with Gasteiger partial charge in [-0.25, -0.2) is 9.69 Å². The zero-order valence-electron chi connectivity index (χ0n) is 12.9. The minimum atomic E-state index is -0.716. The SMILES string of the molecule is C[C@H]1CC(=O)/C(=C\N(C)C)C(=O)N1C(=O)OC(C)(C)C. The number of hydrogen-bond donors (Lipinski definition) is 0. The molecule has 1 fully saturated rings. The van der Waals surface area contributed by atoms with Gasteiger partial charge in [-0.2, -0.15) is 0 Å². The lowest BCUT2D eigenvalue weighted by molar-refractivity contribution is -0.134. The lowest BCUT2D eigenvalue weighted by atomic mass is 9.97. The summed E-state index contributed by atoms with van der Waals surface area (Å²) in [5.74, 6) is -0.854. The Balaban J connectivity index is 3.04. The fourth-order valence-electron chi connectivity index (χ4n) is 1.88. The number of piperidine rings is 1. The van der Waals surface area contributed by atoms with Gasteiger partial charge in [0.25, 0.3) is 5.91 Å². The number of ether oxygens (including phenoxy) is 1. The third-order valence-electron chi connectivity index (χ3n) is 2.65. The van der Waals surface area contributed by atoms with E-state index in [4.69, 9.17) is 4.74 Å². The van der Waals surface area contributed by atoms with Gasteiger partial charge in [-0.15, -0.1) is 0 Å². The van der Waals surface area contributed by atoms with Crippen LogP contribution in [0.25, 0.3) is 0 Å². The van der Waals surface area contributed by atoms with Gasteiger partial charge in [-0.05, 0) is 27.7 Å². The smallest absolute Gasteiger partial charge is 0.417 e. The summed E-state index contributed by atoms with van der Waals surface area (Å²) in [7, 11) is 3.42. The Hall–Kier alpha value is -1.85. The molecule has 20 heavy (non-hydrogen) atoms. The molecule has 6 nitrogen and oxygen atoms in total. The molecule has 112 valence electrons. The monoisotopic (exact) mass is 282 g/mol. The van der Waals surface area contributed by atoms with Crippen molar-refractivity contribution in [2.75, 3.05) is 14.1 Å². The van der Waals surface area contributed by atoms with E-state index in [0.717, 1.165) is 4.90 Å². The van der Waals surface area contributed by atoms with Crippen molar-refractivity contribution in [3.8, 4) is 0 Å². The molecule has 2 amide bonds. The van der Waals surface area contributed by atoms with Crippen molar-refractivity contribution in [1.29, 1.82) is 0 Å². The van der Waals surface area contributed by atoms with Crippen molar-refractivity contribution in [2.24, 2.45) is 0 Å². The zero-order chi connectivity index (χ0) is 15.7. The summed E-state index contributed by atoms with van der Waals surface area (Å²) in [5, 5.41) is 0. The van der Waals surface area contributed by atoms with Crippen molar-refractivity contribution in [2.45, 2.75) is 45.8 Å². The Kier molecular flexibility index (Phi) is 4.57. The molecule has 1 aliphatic rings. The molecule has 0 bridgehead atoms. The maximum Gasteiger partial charge on any atom is 0.417 e. The van der Waals surface area contributed by atoms with Crippen LogP contribution in [0.5, 0.6) is 0 Å². The summed E-state index contributed by atoms with van der Waals surface area (Å²) in [4.78, 5) is 39.0. The first-order valence-corrected chi connectivity index (χ1v) is 6.51. The van der Waals surface area contributed by atoms with Gasteiger partial charge >= 0.3 is 6.09 Å². The summed E-state index contributed by atoms with van der Waals surface area (Å²) in [6.45, 7) is 6.84. The third kappa shape index (κ3) is 3.82. The molecule has 0 N–H and O–H groups in total. The number of imide groups is 1. The normalized spacial score (nSPS) is 22.2. The average molecular weight is 282 g/mol. The molecule has 1 aliphatic heterocycles. The highest BCUT2D eigenvalue weighted by atomic mass is 16.6. The summed E-state index contributed by atoms with van der Waals surface area (Å²) >= 11 is 0. The van der Waals surface area contributed by atoms with Crippen LogP contribution in [-0.4, -0.2) is 53.3 Å². The topological polar surface area (TPSA) is 66.9 Å². The van der Waals surface area contributed by atoms with E-state index in [1.807, 2.05) is 0 Å². The number of likely N-dealkylation sites (tertiary alicyclic amines) is 1. The van der Waals surface area contributed by atoms with Gasteiger partial charge in [0.1, 0.15) is 5.60 Å². The highest BCUT2D eigenvalue weighted by molar-refractivity contribution is 6.23. The molecule has 0 aromatic rings. The van der Waals surface area contributed by atoms with Crippen LogP contribution < -0.4 is 0 Å². The first kappa shape index (κ1) is 16.2. The predicted octanol–water partition coefficient (Wildman–Crippen LogP) is 1.56. The predicted molar refractivity (Wildman–Crippen MR) is 73.9 cm³/mol. The number of nitrogens with zero attached hydrogens (tertiary/aromatic N) is 2. The lowest BCUT2D eigenvalue weighted by Crippen LogP contribution is -2.51. The Bertz CT molecular complexity index is 460. The Morgan fingerprint density at radius 2 is 1.90 bits per heavy atom. The standard InChI is InChI=1S/C14H22N2O4/c1-9-7-11(17)10(8-15(5)6)12(18)16(9)13(19)20-14(2,3)4/h8-9H,7H2,1-6H3/b10-8+/t9-/m0/s1. The molecule has 0 spiro atoms. The average Bonchev–Trinajstić information content (AvgIpc) is 2.20. The minimum absolute atomic E-state index is 0.0129. The van der Waals surface area contributed by atoms with Crippen LogP contribution in [0.2, 0.25) is 0 Å². The number of carbonyl (C=O) groups is 3. The van der Waals surface area contributed by atoms with E-state index in [2.05, 4.69) is 0 Å². The first-order chi connectivity index (χ1) is 9.03. The molecule has 6 heteroatoms. The summed E-state index contributed by atoms with van der Waals surface area (Å²) in [6.07, 6.45) is 0.839. The molecular weight excluding hydrogens is 260 g/mol. The number of amides is 2. The number of carbonyl (C=O) groups excluding carboxylic acids is 3. The molecule has 0 radical (unpaired) electrons. The van der Waals surface area contributed by atoms with Crippen molar-refractivity contribution in [3.05, 3.63) is 11.8 Å². The maximum absolute atomic E-state index is 12.3. The maximum atomic E-state index is 12.3. The van der Waals surface area contributed by atoms with E-state index in [1.165, 1.54) is 6.20 Å². The van der Waals surface area contributed by atoms with E-state index in [0.29, 0.717) is 0 Å². The number of ketones is 1. The van der Waals surface area contributed by atoms with Crippen LogP contribution in [-0.2, 0) is 14.3 Å². The van der Waals surface area contributed by atoms with Crippen LogP contribution in [0.15, 0.2) is 11.8 Å². The van der Waals surface area contributed by atoms with Crippen molar-refractivity contribution >= 4 is 17.8 Å². The van der Waals surface area contributed by atoms with Gasteiger partial charge in [0.05, 0.1) is 5.57 Å². The van der Waals surface area contributed by atoms with Gasteiger partial charge in [0.2, 0.25) is 0 Å². The highest BCUT2D eigenvalue weighted by Crippen LogP contribution is 2.22. The van der Waals surface area contributed by atoms with Crippen LogP contribution in [0.3, 0.4) is 0 Å². The Morgan fingerprint density at radius 1 is 1.35 bits per heavy atom. The minimum Gasteiger partial charge on any atom is -0.443 e. The fraction of sp³-hybridized carbons (Fsp3) is 0.643. The van der Waals surface area contributed by atoms with E-state index >= 15 is 0 Å². The van der Waals surface area contributed by atoms with Crippen LogP contribution in [0.1, 0.15) is 34.1 Å². The molecular formula is C14H22N2O4. The molecule has 0 aromatic carbocycles. The molecule has 1 saturated heterocycles. The van der Waals surface area contributed by atoms with Crippen LogP contribution in [0.4, 0.5) is 4.79 Å². The van der Waals surface area contributed by atoms with Gasteiger partial charge in [-0.3, -0.25) is 9.59 Å². The van der Waals surface area contributed by atoms with E-state index in [9.17, 15) is 14.4 Å². The summed E-state index contributed by atoms with van der Waals surface area (Å²) in [6, 6.07) is -0.496. The van der Waals surface area contributed by atoms with Crippen molar-refractivity contribution in [3.63, 3.8) is 0 Å². The Labute approximate surface area is 119 Å². The lowest BCUT2D eigenvalue weighted by Gasteiger charge is -2.33. The molecule has 0 unspecified atom stereocenters. The number of rotatable bonds is 1. The summed E-state index contributed by atoms with van der Waals surface area (Å²) < 4.78 is 5.22. The first-order valence-electron chi connectivity index (χ1n) is 6.51. The summed E-state index contributed by atoms with van der Waals surface area (Å²) in [5.41, 5.74) is -0.678. The van der Waals surface area contributed by atoms with Crippen LogP contribution >= 0.6 is 0 Å². The largest absolute Gasteiger partial charge is 0.443 e. The zero-order valence-corrected chi connectivity index (χ0v) is 12.9. The Morgan fingerprint density at radius 3 is 2.35 bits per heavy atom. The molecule has 0 aromatic heterocycles. The molecule has 0 saturated carbocycles. The van der Waals surface area contributed by atoms with Gasteiger partial charge < -0.3 is 9.64 Å². The molecule has 1 rings (SSSR count). The molecule has 1 heterocycles. The molecule has 1 atom stereocenters. The van der Waals surface area contributed by atoms with Crippen LogP contribution in [0, 0.1) is 0 Å². The number of Topliss-reactive ketones (excluding diaryl/α,β-unsaturated/α-hetero) is 1. The second-order valence-electron chi connectivity index (χ2n) is 6.14. The van der Waals surface area contributed by atoms with E-state index < -0.39 is 23.6 Å². The quantitative estimate of drug-likeness (QED) is 0.539. The highest BCUT2D eigenvalue weighted by Gasteiger charge is 2.40. The van der Waals surface area contributed by atoms with Crippen molar-refractivity contribution in [1.82, 2.24) is 9.80 Å². The fourth-order valence-corrected chi connectivity index (χ4v) is 1.88. The van der Waals surface area contributed by atoms with E-state index in [-0.39, 0.29) is 17.8 Å². The third-order valence-corrected chi connectivity index (χ3v) is 2.65.